The molecule has 0 aromatic carbocycles. The van der Waals surface area contributed by atoms with Gasteiger partial charge in [-0.15, -0.1) is 11.3 Å². The highest BCUT2D eigenvalue weighted by atomic mass is 32.1. The summed E-state index contributed by atoms with van der Waals surface area (Å²) in [6.45, 7) is 0. The molecule has 0 aliphatic rings. The van der Waals surface area contributed by atoms with Crippen LogP contribution in [0, 0.1) is 0 Å². The van der Waals surface area contributed by atoms with Gasteiger partial charge in [-0.25, -0.2) is 4.98 Å². The first kappa shape index (κ1) is 8.66. The summed E-state index contributed by atoms with van der Waals surface area (Å²) in [5, 5.41) is 16.3. The lowest BCUT2D eigenvalue weighted by atomic mass is 10.3. The van der Waals surface area contributed by atoms with Crippen LogP contribution in [0.15, 0.2) is 10.5 Å². The number of hydrogen-bond acceptors (Lipinski definition) is 6. The van der Waals surface area contributed by atoms with Gasteiger partial charge in [0.05, 0.1) is 0 Å². The number of carbonyl (C=O) groups excluding carboxylic acids is 1. The molecular formula is C6H7N3O2S. The summed E-state index contributed by atoms with van der Waals surface area (Å²) in [5.41, 5.74) is 0.314. The van der Waals surface area contributed by atoms with Gasteiger partial charge in [0.15, 0.2) is 17.1 Å². The summed E-state index contributed by atoms with van der Waals surface area (Å²) in [6.07, 6.45) is 0.453. The van der Waals surface area contributed by atoms with E-state index in [9.17, 15) is 4.79 Å². The van der Waals surface area contributed by atoms with Gasteiger partial charge >= 0.3 is 0 Å². The second-order valence-corrected chi connectivity index (χ2v) is 2.75. The van der Waals surface area contributed by atoms with Gasteiger partial charge in [0.25, 0.3) is 0 Å². The number of aromatic nitrogens is 1. The lowest BCUT2D eigenvalue weighted by Crippen LogP contribution is -2.02. The minimum absolute atomic E-state index is 0.0623. The van der Waals surface area contributed by atoms with E-state index in [2.05, 4.69) is 15.5 Å². The number of anilines is 1. The molecule has 0 aliphatic heterocycles. The predicted molar refractivity (Wildman–Crippen MR) is 46.0 cm³/mol. The Morgan fingerprint density at radius 1 is 1.92 bits per heavy atom. The van der Waals surface area contributed by atoms with E-state index in [4.69, 9.17) is 5.21 Å². The maximum Gasteiger partial charge on any atom is 0.183 e. The number of oxime groups is 1. The molecule has 0 fully saturated rings. The number of nitrogens with one attached hydrogen (secondary N) is 1. The molecule has 12 heavy (non-hydrogen) atoms. The van der Waals surface area contributed by atoms with Crippen molar-refractivity contribution in [3.63, 3.8) is 0 Å². The Morgan fingerprint density at radius 2 is 2.67 bits per heavy atom. The van der Waals surface area contributed by atoms with Crippen LogP contribution in [0.4, 0.5) is 5.13 Å². The first-order valence-corrected chi connectivity index (χ1v) is 4.00. The fraction of sp³-hybridized carbons (Fsp3) is 0.167. The van der Waals surface area contributed by atoms with E-state index >= 15 is 0 Å². The Bertz CT molecular complexity index is 307. The summed E-state index contributed by atoms with van der Waals surface area (Å²) >= 11 is 1.34. The van der Waals surface area contributed by atoms with E-state index in [-0.39, 0.29) is 5.71 Å². The summed E-state index contributed by atoms with van der Waals surface area (Å²) in [5.74, 6) is 0. The topological polar surface area (TPSA) is 74.6 Å². The monoisotopic (exact) mass is 185 g/mol. The zero-order valence-corrected chi connectivity index (χ0v) is 7.13. The Hall–Kier alpha value is -1.43. The lowest BCUT2D eigenvalue weighted by Gasteiger charge is -1.89. The van der Waals surface area contributed by atoms with Crippen molar-refractivity contribution in [3.05, 3.63) is 11.1 Å². The lowest BCUT2D eigenvalue weighted by molar-refractivity contribution is -0.102. The van der Waals surface area contributed by atoms with Crippen molar-refractivity contribution in [1.82, 2.24) is 4.98 Å². The molecule has 0 spiro atoms. The van der Waals surface area contributed by atoms with Gasteiger partial charge < -0.3 is 10.5 Å². The van der Waals surface area contributed by atoms with Crippen LogP contribution in [0.5, 0.6) is 0 Å². The van der Waals surface area contributed by atoms with Crippen molar-refractivity contribution in [2.75, 3.05) is 12.4 Å². The van der Waals surface area contributed by atoms with Crippen LogP contribution in [0.25, 0.3) is 0 Å². The van der Waals surface area contributed by atoms with Crippen molar-refractivity contribution in [1.29, 1.82) is 0 Å². The van der Waals surface area contributed by atoms with Crippen LogP contribution in [0.2, 0.25) is 0 Å². The molecule has 0 atom stereocenters. The Kier molecular flexibility index (Phi) is 2.76. The van der Waals surface area contributed by atoms with Crippen LogP contribution in [-0.4, -0.2) is 29.2 Å². The minimum atomic E-state index is -0.0623. The van der Waals surface area contributed by atoms with E-state index in [0.717, 1.165) is 0 Å². The number of aldehydes is 1. The zero-order valence-electron chi connectivity index (χ0n) is 6.31. The molecule has 0 amide bonds. The molecule has 0 radical (unpaired) electrons. The van der Waals surface area contributed by atoms with Gasteiger partial charge in [0, 0.05) is 12.4 Å². The SMILES string of the molecule is CNc1nc(/C(C=O)=N\O)cs1. The summed E-state index contributed by atoms with van der Waals surface area (Å²) < 4.78 is 0. The largest absolute Gasteiger partial charge is 0.410 e. The van der Waals surface area contributed by atoms with Crippen molar-refractivity contribution < 1.29 is 10.0 Å². The average Bonchev–Trinajstić information content (AvgIpc) is 2.55. The quantitative estimate of drug-likeness (QED) is 0.312. The maximum atomic E-state index is 10.3. The van der Waals surface area contributed by atoms with E-state index < -0.39 is 0 Å². The first-order chi connectivity index (χ1) is 5.81. The molecule has 0 saturated carbocycles. The van der Waals surface area contributed by atoms with Gasteiger partial charge in [-0.05, 0) is 0 Å². The fourth-order valence-corrected chi connectivity index (χ4v) is 1.31. The third-order valence-electron chi connectivity index (χ3n) is 1.20. The molecule has 5 nitrogen and oxygen atoms in total. The number of hydrogen-bond donors (Lipinski definition) is 2. The molecule has 0 saturated heterocycles. The fourth-order valence-electron chi connectivity index (χ4n) is 0.641. The van der Waals surface area contributed by atoms with E-state index in [1.165, 1.54) is 11.3 Å². The molecule has 0 bridgehead atoms. The smallest absolute Gasteiger partial charge is 0.183 e. The average molecular weight is 185 g/mol. The van der Waals surface area contributed by atoms with Crippen molar-refractivity contribution in [3.8, 4) is 0 Å². The number of thiazole rings is 1. The van der Waals surface area contributed by atoms with Crippen LogP contribution in [0.1, 0.15) is 5.69 Å². The van der Waals surface area contributed by atoms with E-state index in [1.807, 2.05) is 0 Å². The number of nitrogens with zero attached hydrogens (tertiary/aromatic N) is 2. The van der Waals surface area contributed by atoms with Gasteiger partial charge in [-0.2, -0.15) is 0 Å². The molecule has 1 rings (SSSR count). The molecule has 1 aromatic heterocycles. The van der Waals surface area contributed by atoms with E-state index in [0.29, 0.717) is 17.1 Å². The third-order valence-corrected chi connectivity index (χ3v) is 2.06. The Morgan fingerprint density at radius 3 is 3.08 bits per heavy atom. The highest BCUT2D eigenvalue weighted by molar-refractivity contribution is 7.14. The van der Waals surface area contributed by atoms with Gasteiger partial charge in [0.2, 0.25) is 0 Å². The molecule has 2 N–H and O–H groups in total. The van der Waals surface area contributed by atoms with E-state index in [1.54, 1.807) is 12.4 Å². The van der Waals surface area contributed by atoms with Crippen LogP contribution >= 0.6 is 11.3 Å². The molecule has 6 heteroatoms. The van der Waals surface area contributed by atoms with Crippen LogP contribution in [0.3, 0.4) is 0 Å². The Labute approximate surface area is 72.7 Å². The minimum Gasteiger partial charge on any atom is -0.410 e. The first-order valence-electron chi connectivity index (χ1n) is 3.12. The molecule has 64 valence electrons. The van der Waals surface area contributed by atoms with Crippen molar-refractivity contribution in [2.45, 2.75) is 0 Å². The van der Waals surface area contributed by atoms with Crippen LogP contribution < -0.4 is 5.32 Å². The predicted octanol–water partition coefficient (Wildman–Crippen LogP) is 0.562. The number of rotatable bonds is 3. The Balaban J connectivity index is 2.95. The van der Waals surface area contributed by atoms with Crippen LogP contribution in [-0.2, 0) is 4.79 Å². The summed E-state index contributed by atoms with van der Waals surface area (Å²) in [6, 6.07) is 0. The normalized spacial score (nSPS) is 11.2. The molecular weight excluding hydrogens is 178 g/mol. The summed E-state index contributed by atoms with van der Waals surface area (Å²) in [4.78, 5) is 14.2. The van der Waals surface area contributed by atoms with Crippen molar-refractivity contribution >= 4 is 28.5 Å². The van der Waals surface area contributed by atoms with Gasteiger partial charge in [-0.1, -0.05) is 5.16 Å². The molecule has 0 aliphatic carbocycles. The number of carbonyl (C=O) groups is 1. The third kappa shape index (κ3) is 1.59. The van der Waals surface area contributed by atoms with Crippen molar-refractivity contribution in [2.24, 2.45) is 5.16 Å². The van der Waals surface area contributed by atoms with Gasteiger partial charge in [0.1, 0.15) is 5.69 Å². The van der Waals surface area contributed by atoms with Gasteiger partial charge in [-0.3, -0.25) is 4.79 Å². The highest BCUT2D eigenvalue weighted by Crippen LogP contribution is 2.14. The standard InChI is InChI=1S/C6H7N3O2S/c1-7-6-8-5(3-12-6)4(2-10)9-11/h2-3,11H,1H3,(H,7,8)/b9-4-. The molecule has 0 unspecified atom stereocenters. The molecule has 1 aromatic rings. The molecule has 1 heterocycles. The second kappa shape index (κ2) is 3.82. The second-order valence-electron chi connectivity index (χ2n) is 1.89. The maximum absolute atomic E-state index is 10.3. The zero-order chi connectivity index (χ0) is 8.97. The highest BCUT2D eigenvalue weighted by Gasteiger charge is 2.06. The summed E-state index contributed by atoms with van der Waals surface area (Å²) in [7, 11) is 1.72.